The predicted octanol–water partition coefficient (Wildman–Crippen LogP) is 2.00. The zero-order valence-electron chi connectivity index (χ0n) is 10.9. The number of aromatic nitrogens is 1. The third kappa shape index (κ3) is 3.69. The lowest BCUT2D eigenvalue weighted by Crippen LogP contribution is -2.44. The molecule has 2 N–H and O–H groups in total. The monoisotopic (exact) mass is 348 g/mol. The fourth-order valence-electron chi connectivity index (χ4n) is 1.63. The summed E-state index contributed by atoms with van der Waals surface area (Å²) in [5, 5.41) is 8.24. The Morgan fingerprint density at radius 2 is 2.05 bits per heavy atom. The lowest BCUT2D eigenvalue weighted by atomic mass is 10.2. The molecule has 0 aromatic carbocycles. The maximum atomic E-state index is 12.6. The number of hydrogen-bond donors (Lipinski definition) is 2. The van der Waals surface area contributed by atoms with Crippen LogP contribution in [0.1, 0.15) is 23.8 Å². The first kappa shape index (κ1) is 17.8. The highest BCUT2D eigenvalue weighted by Gasteiger charge is 2.42. The second-order valence-corrected chi connectivity index (χ2v) is 6.26. The number of halogens is 4. The van der Waals surface area contributed by atoms with Gasteiger partial charge in [0.25, 0.3) is 0 Å². The minimum atomic E-state index is -4.77. The zero-order valence-corrected chi connectivity index (χ0v) is 12.5. The van der Waals surface area contributed by atoms with Gasteiger partial charge in [-0.3, -0.25) is 0 Å². The molecular weight excluding hydrogens is 337 g/mol. The second-order valence-electron chi connectivity index (χ2n) is 4.20. The summed E-state index contributed by atoms with van der Waals surface area (Å²) in [5.41, 5.74) is -0.530. The van der Waals surface area contributed by atoms with Gasteiger partial charge in [0, 0.05) is 13.2 Å². The molecule has 0 aliphatic carbocycles. The van der Waals surface area contributed by atoms with E-state index in [1.54, 1.807) is 0 Å². The average molecular weight is 349 g/mol. The molecule has 11 heteroatoms. The molecule has 1 rings (SSSR count). The van der Waals surface area contributed by atoms with Crippen LogP contribution in [0.4, 0.5) is 13.2 Å². The maximum absolute atomic E-state index is 12.6. The first-order chi connectivity index (χ1) is 9.41. The summed E-state index contributed by atoms with van der Waals surface area (Å²) in [6, 6.07) is -2.29. The molecule has 6 nitrogen and oxygen atoms in total. The molecule has 1 aromatic heterocycles. The first-order valence-corrected chi connectivity index (χ1v) is 7.45. The molecule has 1 heterocycles. The van der Waals surface area contributed by atoms with Crippen LogP contribution < -0.4 is 4.72 Å². The van der Waals surface area contributed by atoms with Crippen molar-refractivity contribution in [3.05, 3.63) is 16.9 Å². The fraction of sp³-hybridized carbons (Fsp3) is 0.500. The van der Waals surface area contributed by atoms with Gasteiger partial charge >= 0.3 is 12.1 Å². The Kier molecular flexibility index (Phi) is 4.96. The highest BCUT2D eigenvalue weighted by atomic mass is 35.5. The van der Waals surface area contributed by atoms with Crippen molar-refractivity contribution in [2.24, 2.45) is 7.05 Å². The van der Waals surface area contributed by atoms with E-state index in [0.29, 0.717) is 0 Å². The number of alkyl halides is 3. The molecule has 0 unspecified atom stereocenters. The first-order valence-electron chi connectivity index (χ1n) is 5.59. The largest absolute Gasteiger partial charge is 0.477 e. The topological polar surface area (TPSA) is 88.4 Å². The minimum Gasteiger partial charge on any atom is -0.477 e. The number of nitrogens with one attached hydrogen (secondary N) is 1. The number of carbonyl (C=O) groups is 1. The van der Waals surface area contributed by atoms with E-state index in [0.717, 1.165) is 17.7 Å². The lowest BCUT2D eigenvalue weighted by molar-refractivity contribution is -0.151. The Bertz CT molecular complexity index is 654. The van der Waals surface area contributed by atoms with Gasteiger partial charge in [-0.2, -0.15) is 17.9 Å². The van der Waals surface area contributed by atoms with Crippen LogP contribution in [-0.4, -0.2) is 36.3 Å². The highest BCUT2D eigenvalue weighted by molar-refractivity contribution is 7.89. The Morgan fingerprint density at radius 1 is 1.52 bits per heavy atom. The predicted molar refractivity (Wildman–Crippen MR) is 67.8 cm³/mol. The summed E-state index contributed by atoms with van der Waals surface area (Å²) in [6.07, 6.45) is -4.44. The molecule has 1 atom stereocenters. The number of aryl methyl sites for hydroxylation is 1. The van der Waals surface area contributed by atoms with Crippen molar-refractivity contribution >= 4 is 27.6 Å². The zero-order chi connectivity index (χ0) is 16.6. The van der Waals surface area contributed by atoms with Crippen molar-refractivity contribution in [2.75, 3.05) is 0 Å². The van der Waals surface area contributed by atoms with Gasteiger partial charge in [-0.15, -0.1) is 0 Å². The summed E-state index contributed by atoms with van der Waals surface area (Å²) in [7, 11) is -3.39. The SMILES string of the molecule is CC[C@@H](NS(=O)(=O)c1cn(C)c(C(=O)O)c1Cl)C(F)(F)F. The minimum absolute atomic E-state index is 0.515. The molecule has 0 fully saturated rings. The van der Waals surface area contributed by atoms with E-state index < -0.39 is 50.2 Å². The Hall–Kier alpha value is -1.26. The molecule has 0 bridgehead atoms. The summed E-state index contributed by atoms with van der Waals surface area (Å²) in [4.78, 5) is 10.2. The van der Waals surface area contributed by atoms with Crippen molar-refractivity contribution in [3.63, 3.8) is 0 Å². The van der Waals surface area contributed by atoms with Gasteiger partial charge < -0.3 is 9.67 Å². The van der Waals surface area contributed by atoms with E-state index in [1.165, 1.54) is 11.8 Å². The normalized spacial score (nSPS) is 14.2. The number of sulfonamides is 1. The van der Waals surface area contributed by atoms with Gasteiger partial charge in [0.15, 0.2) is 0 Å². The molecule has 21 heavy (non-hydrogen) atoms. The number of rotatable bonds is 5. The van der Waals surface area contributed by atoms with Crippen molar-refractivity contribution in [1.29, 1.82) is 0 Å². The van der Waals surface area contributed by atoms with Crippen LogP contribution in [0.15, 0.2) is 11.1 Å². The van der Waals surface area contributed by atoms with Crippen LogP contribution in [0.3, 0.4) is 0 Å². The van der Waals surface area contributed by atoms with E-state index in [4.69, 9.17) is 16.7 Å². The van der Waals surface area contributed by atoms with Crippen LogP contribution in [0.2, 0.25) is 5.02 Å². The molecule has 0 aliphatic heterocycles. The number of aromatic carboxylic acids is 1. The van der Waals surface area contributed by atoms with Gasteiger partial charge in [0.1, 0.15) is 16.6 Å². The summed E-state index contributed by atoms with van der Waals surface area (Å²) in [5.74, 6) is -1.49. The van der Waals surface area contributed by atoms with Gasteiger partial charge in [-0.05, 0) is 6.42 Å². The van der Waals surface area contributed by atoms with Crippen molar-refractivity contribution in [2.45, 2.75) is 30.5 Å². The van der Waals surface area contributed by atoms with Crippen LogP contribution in [0.25, 0.3) is 0 Å². The Balaban J connectivity index is 3.27. The molecule has 0 amide bonds. The van der Waals surface area contributed by atoms with Crippen molar-refractivity contribution in [1.82, 2.24) is 9.29 Å². The van der Waals surface area contributed by atoms with E-state index in [1.807, 2.05) is 0 Å². The molecule has 0 saturated heterocycles. The van der Waals surface area contributed by atoms with Crippen LogP contribution in [0, 0.1) is 0 Å². The number of carboxylic acids is 1. The van der Waals surface area contributed by atoms with Crippen LogP contribution in [-0.2, 0) is 17.1 Å². The average Bonchev–Trinajstić information content (AvgIpc) is 2.61. The van der Waals surface area contributed by atoms with Crippen LogP contribution >= 0.6 is 11.6 Å². The van der Waals surface area contributed by atoms with E-state index in [2.05, 4.69) is 0 Å². The van der Waals surface area contributed by atoms with E-state index in [-0.39, 0.29) is 0 Å². The lowest BCUT2D eigenvalue weighted by Gasteiger charge is -2.19. The number of hydrogen-bond acceptors (Lipinski definition) is 3. The third-order valence-corrected chi connectivity index (χ3v) is 4.66. The maximum Gasteiger partial charge on any atom is 0.404 e. The third-order valence-electron chi connectivity index (χ3n) is 2.68. The van der Waals surface area contributed by atoms with Gasteiger partial charge in [0.2, 0.25) is 10.0 Å². The molecule has 120 valence electrons. The summed E-state index contributed by atoms with van der Waals surface area (Å²) < 4.78 is 64.2. The van der Waals surface area contributed by atoms with Gasteiger partial charge in [0.05, 0.1) is 5.02 Å². The van der Waals surface area contributed by atoms with E-state index >= 15 is 0 Å². The number of carboxylic acid groups (broad SMARTS) is 1. The smallest absolute Gasteiger partial charge is 0.404 e. The molecular formula is C10H12ClF3N2O4S. The standard InChI is InChI=1S/C10H12ClF3N2O4S/c1-3-6(10(12,13)14)15-21(19,20)5-4-16(2)8(7(5)11)9(17)18/h4,6,15H,3H2,1-2H3,(H,17,18)/t6-/m1/s1. The second kappa shape index (κ2) is 5.85. The molecule has 0 spiro atoms. The number of nitrogens with zero attached hydrogens (tertiary/aromatic N) is 1. The fourth-order valence-corrected chi connectivity index (χ4v) is 3.63. The molecule has 1 aromatic rings. The molecule has 0 saturated carbocycles. The van der Waals surface area contributed by atoms with Crippen molar-refractivity contribution < 1.29 is 31.5 Å². The van der Waals surface area contributed by atoms with E-state index in [9.17, 15) is 26.4 Å². The van der Waals surface area contributed by atoms with Crippen LogP contribution in [0.5, 0.6) is 0 Å². The Labute approximate surface area is 123 Å². The van der Waals surface area contributed by atoms with Gasteiger partial charge in [-0.1, -0.05) is 18.5 Å². The van der Waals surface area contributed by atoms with Gasteiger partial charge in [-0.25, -0.2) is 13.2 Å². The van der Waals surface area contributed by atoms with Crippen molar-refractivity contribution in [3.8, 4) is 0 Å². The molecule has 0 radical (unpaired) electrons. The highest BCUT2D eigenvalue weighted by Crippen LogP contribution is 2.29. The quantitative estimate of drug-likeness (QED) is 0.851. The summed E-state index contributed by atoms with van der Waals surface area (Å²) in [6.45, 7) is 1.16. The molecule has 0 aliphatic rings. The summed E-state index contributed by atoms with van der Waals surface area (Å²) >= 11 is 5.65. The Morgan fingerprint density at radius 3 is 2.38 bits per heavy atom.